The van der Waals surface area contributed by atoms with E-state index in [1.54, 1.807) is 12.1 Å². The van der Waals surface area contributed by atoms with Gasteiger partial charge in [0.1, 0.15) is 18.1 Å². The van der Waals surface area contributed by atoms with Gasteiger partial charge in [-0.05, 0) is 18.1 Å². The number of ketones is 1. The highest BCUT2D eigenvalue weighted by atomic mass is 35.5. The summed E-state index contributed by atoms with van der Waals surface area (Å²) < 4.78 is 5.38. The Bertz CT molecular complexity index is 446. The van der Waals surface area contributed by atoms with E-state index in [1.807, 2.05) is 0 Å². The molecule has 5 heteroatoms. The SMILES string of the molecule is O=C(CCl)C1COc2cc(O)c(CCCl)cc21. The molecule has 17 heavy (non-hydrogen) atoms. The number of hydrogen-bond acceptors (Lipinski definition) is 3. The molecule has 3 nitrogen and oxygen atoms in total. The molecule has 0 amide bonds. The van der Waals surface area contributed by atoms with Crippen LogP contribution in [0.4, 0.5) is 0 Å². The molecule has 0 saturated heterocycles. The third kappa shape index (κ3) is 2.35. The smallest absolute Gasteiger partial charge is 0.158 e. The van der Waals surface area contributed by atoms with Crippen molar-refractivity contribution in [1.29, 1.82) is 0 Å². The first-order valence-electron chi connectivity index (χ1n) is 5.30. The molecule has 1 heterocycles. The number of carbonyl (C=O) groups excluding carboxylic acids is 1. The molecule has 0 radical (unpaired) electrons. The first-order valence-corrected chi connectivity index (χ1v) is 6.37. The van der Waals surface area contributed by atoms with Gasteiger partial charge >= 0.3 is 0 Å². The van der Waals surface area contributed by atoms with E-state index in [0.717, 1.165) is 11.1 Å². The van der Waals surface area contributed by atoms with Crippen molar-refractivity contribution in [2.24, 2.45) is 0 Å². The van der Waals surface area contributed by atoms with E-state index in [1.165, 1.54) is 0 Å². The van der Waals surface area contributed by atoms with Gasteiger partial charge in [-0.1, -0.05) is 0 Å². The summed E-state index contributed by atoms with van der Waals surface area (Å²) in [4.78, 5) is 11.6. The van der Waals surface area contributed by atoms with Crippen LogP contribution in [-0.2, 0) is 11.2 Å². The predicted octanol–water partition coefficient (Wildman–Crippen LogP) is 2.46. The number of rotatable bonds is 4. The molecule has 0 aromatic heterocycles. The highest BCUT2D eigenvalue weighted by molar-refractivity contribution is 6.28. The summed E-state index contributed by atoms with van der Waals surface area (Å²) in [5.41, 5.74) is 1.53. The lowest BCUT2D eigenvalue weighted by molar-refractivity contribution is -0.118. The maximum atomic E-state index is 11.6. The first-order chi connectivity index (χ1) is 8.17. The average molecular weight is 275 g/mol. The van der Waals surface area contributed by atoms with Crippen LogP contribution in [0, 0.1) is 0 Å². The Balaban J connectivity index is 2.37. The maximum absolute atomic E-state index is 11.6. The van der Waals surface area contributed by atoms with Crippen molar-refractivity contribution in [1.82, 2.24) is 0 Å². The number of alkyl halides is 2. The van der Waals surface area contributed by atoms with Crippen molar-refractivity contribution in [2.45, 2.75) is 12.3 Å². The van der Waals surface area contributed by atoms with Crippen LogP contribution in [0.3, 0.4) is 0 Å². The zero-order chi connectivity index (χ0) is 12.4. The van der Waals surface area contributed by atoms with Crippen LogP contribution in [0.25, 0.3) is 0 Å². The number of aromatic hydroxyl groups is 1. The minimum Gasteiger partial charge on any atom is -0.508 e. The fourth-order valence-corrected chi connectivity index (χ4v) is 2.34. The van der Waals surface area contributed by atoms with Crippen molar-refractivity contribution >= 4 is 29.0 Å². The van der Waals surface area contributed by atoms with E-state index in [9.17, 15) is 9.90 Å². The topological polar surface area (TPSA) is 46.5 Å². The van der Waals surface area contributed by atoms with Crippen molar-refractivity contribution < 1.29 is 14.6 Å². The van der Waals surface area contributed by atoms with Gasteiger partial charge in [-0.15, -0.1) is 23.2 Å². The fourth-order valence-electron chi connectivity index (χ4n) is 1.95. The fraction of sp³-hybridized carbons (Fsp3) is 0.417. The molecule has 0 saturated carbocycles. The second-order valence-corrected chi connectivity index (χ2v) is 4.57. The summed E-state index contributed by atoms with van der Waals surface area (Å²) in [6.45, 7) is 0.296. The summed E-state index contributed by atoms with van der Waals surface area (Å²) in [6, 6.07) is 3.33. The minimum atomic E-state index is -0.322. The molecule has 1 aliphatic rings. The molecule has 92 valence electrons. The summed E-state index contributed by atoms with van der Waals surface area (Å²) in [7, 11) is 0. The molecular formula is C12H12Cl2O3. The number of Topliss-reactive ketones (excluding diaryl/α,β-unsaturated/α-hetero) is 1. The average Bonchev–Trinajstić information content (AvgIpc) is 2.72. The normalized spacial score (nSPS) is 17.6. The third-order valence-electron chi connectivity index (χ3n) is 2.88. The van der Waals surface area contributed by atoms with Crippen LogP contribution in [0.5, 0.6) is 11.5 Å². The number of halogens is 2. The van der Waals surface area contributed by atoms with E-state index in [-0.39, 0.29) is 23.3 Å². The van der Waals surface area contributed by atoms with Gasteiger partial charge in [0.05, 0.1) is 11.8 Å². The molecule has 0 fully saturated rings. The van der Waals surface area contributed by atoms with Crippen LogP contribution < -0.4 is 4.74 Å². The number of benzene rings is 1. The van der Waals surface area contributed by atoms with Gasteiger partial charge in [-0.25, -0.2) is 0 Å². The van der Waals surface area contributed by atoms with Gasteiger partial charge in [0.2, 0.25) is 0 Å². The zero-order valence-corrected chi connectivity index (χ0v) is 10.6. The Morgan fingerprint density at radius 3 is 2.88 bits per heavy atom. The number of aryl methyl sites for hydroxylation is 1. The Morgan fingerprint density at radius 1 is 1.47 bits per heavy atom. The summed E-state index contributed by atoms with van der Waals surface area (Å²) in [6.07, 6.45) is 0.558. The Morgan fingerprint density at radius 2 is 2.24 bits per heavy atom. The highest BCUT2D eigenvalue weighted by Crippen LogP contribution is 2.39. The molecule has 2 rings (SSSR count). The predicted molar refractivity (Wildman–Crippen MR) is 66.5 cm³/mol. The second kappa shape index (κ2) is 5.15. The lowest BCUT2D eigenvalue weighted by Gasteiger charge is -2.08. The van der Waals surface area contributed by atoms with Gasteiger partial charge < -0.3 is 9.84 Å². The third-order valence-corrected chi connectivity index (χ3v) is 3.33. The van der Waals surface area contributed by atoms with E-state index in [0.29, 0.717) is 24.7 Å². The quantitative estimate of drug-likeness (QED) is 0.858. The standard InChI is InChI=1S/C12H12Cl2O3/c13-2-1-7-3-8-9(11(16)5-14)6-17-12(8)4-10(7)15/h3-4,9,15H,1-2,5-6H2. The Hall–Kier alpha value is -0.930. The van der Waals surface area contributed by atoms with Gasteiger partial charge in [-0.2, -0.15) is 0 Å². The molecule has 1 aromatic carbocycles. The van der Waals surface area contributed by atoms with Gasteiger partial charge in [0.25, 0.3) is 0 Å². The van der Waals surface area contributed by atoms with Crippen LogP contribution in [0.15, 0.2) is 12.1 Å². The molecule has 1 aromatic rings. The number of ether oxygens (including phenoxy) is 1. The van der Waals surface area contributed by atoms with E-state index >= 15 is 0 Å². The Labute approximate surface area is 109 Å². The molecule has 1 unspecified atom stereocenters. The van der Waals surface area contributed by atoms with Crippen molar-refractivity contribution in [3.8, 4) is 11.5 Å². The van der Waals surface area contributed by atoms with Crippen LogP contribution in [0.2, 0.25) is 0 Å². The van der Waals surface area contributed by atoms with Crippen molar-refractivity contribution in [3.63, 3.8) is 0 Å². The molecule has 1 atom stereocenters. The lowest BCUT2D eigenvalue weighted by Crippen LogP contribution is -2.15. The monoisotopic (exact) mass is 274 g/mol. The summed E-state index contributed by atoms with van der Waals surface area (Å²) >= 11 is 11.2. The van der Waals surface area contributed by atoms with Crippen molar-refractivity contribution in [3.05, 3.63) is 23.3 Å². The van der Waals surface area contributed by atoms with E-state index < -0.39 is 0 Å². The number of hydrogen-bond donors (Lipinski definition) is 1. The van der Waals surface area contributed by atoms with Crippen LogP contribution in [-0.4, -0.2) is 29.3 Å². The van der Waals surface area contributed by atoms with Crippen LogP contribution >= 0.6 is 23.2 Å². The lowest BCUT2D eigenvalue weighted by atomic mass is 9.95. The molecule has 0 spiro atoms. The number of carbonyl (C=O) groups is 1. The molecule has 0 bridgehead atoms. The summed E-state index contributed by atoms with van der Waals surface area (Å²) in [5.74, 6) is 0.721. The molecule has 1 aliphatic heterocycles. The first kappa shape index (κ1) is 12.5. The van der Waals surface area contributed by atoms with E-state index in [4.69, 9.17) is 27.9 Å². The van der Waals surface area contributed by atoms with Gasteiger partial charge in [0, 0.05) is 17.5 Å². The molecule has 0 aliphatic carbocycles. The maximum Gasteiger partial charge on any atom is 0.158 e. The van der Waals surface area contributed by atoms with Gasteiger partial charge in [0.15, 0.2) is 5.78 Å². The van der Waals surface area contributed by atoms with E-state index in [2.05, 4.69) is 0 Å². The number of phenols is 1. The van der Waals surface area contributed by atoms with Crippen LogP contribution in [0.1, 0.15) is 17.0 Å². The second-order valence-electron chi connectivity index (χ2n) is 3.92. The minimum absolute atomic E-state index is 0.0286. The number of fused-ring (bicyclic) bond motifs is 1. The molecular weight excluding hydrogens is 263 g/mol. The summed E-state index contributed by atoms with van der Waals surface area (Å²) in [5, 5.41) is 9.74. The largest absolute Gasteiger partial charge is 0.508 e. The Kier molecular flexibility index (Phi) is 3.79. The van der Waals surface area contributed by atoms with Crippen molar-refractivity contribution in [2.75, 3.05) is 18.4 Å². The molecule has 1 N–H and O–H groups in total. The van der Waals surface area contributed by atoms with Gasteiger partial charge in [-0.3, -0.25) is 4.79 Å². The zero-order valence-electron chi connectivity index (χ0n) is 9.08. The number of phenolic OH excluding ortho intramolecular Hbond substituents is 1. The highest BCUT2D eigenvalue weighted by Gasteiger charge is 2.30.